The fraction of sp³-hybridized carbons (Fsp3) is 0.560. The molecule has 0 unspecified atom stereocenters. The van der Waals surface area contributed by atoms with Crippen molar-refractivity contribution < 1.29 is 35.9 Å². The molecule has 0 radical (unpaired) electrons. The van der Waals surface area contributed by atoms with E-state index < -0.39 is 39.7 Å². The average molecular weight is 587 g/mol. The number of anilines is 3. The van der Waals surface area contributed by atoms with Gasteiger partial charge in [-0.15, -0.1) is 0 Å². The summed E-state index contributed by atoms with van der Waals surface area (Å²) in [5.41, 5.74) is 0.283. The predicted molar refractivity (Wildman–Crippen MR) is 142 cm³/mol. The van der Waals surface area contributed by atoms with Crippen LogP contribution >= 0.6 is 0 Å². The fourth-order valence-corrected chi connectivity index (χ4v) is 5.74. The van der Waals surface area contributed by atoms with Crippen molar-refractivity contribution in [2.24, 2.45) is 0 Å². The van der Waals surface area contributed by atoms with Crippen molar-refractivity contribution in [1.82, 2.24) is 20.0 Å². The second-order valence-corrected chi connectivity index (χ2v) is 11.8. The Hall–Kier alpha value is -3.17. The van der Waals surface area contributed by atoms with E-state index in [2.05, 4.69) is 30.6 Å². The lowest BCUT2D eigenvalue weighted by Gasteiger charge is -2.24. The largest absolute Gasteiger partial charge is 0.495 e. The van der Waals surface area contributed by atoms with E-state index in [1.54, 1.807) is 19.1 Å². The third-order valence-electron chi connectivity index (χ3n) is 6.89. The van der Waals surface area contributed by atoms with Gasteiger partial charge < -0.3 is 25.4 Å². The molecule has 1 aromatic heterocycles. The second kappa shape index (κ2) is 12.1. The van der Waals surface area contributed by atoms with Gasteiger partial charge in [0.05, 0.1) is 19.1 Å². The number of benzene rings is 1. The number of aryl methyl sites for hydroxylation is 1. The monoisotopic (exact) mass is 586 g/mol. The highest BCUT2D eigenvalue weighted by molar-refractivity contribution is 7.88. The normalized spacial score (nSPS) is 20.2. The lowest BCUT2D eigenvalue weighted by Crippen LogP contribution is -2.43. The van der Waals surface area contributed by atoms with Gasteiger partial charge in [0.15, 0.2) is 0 Å². The smallest absolute Gasteiger partial charge is 0.421 e. The number of nitrogens with one attached hydrogen (secondary N) is 4. The SMILES string of the molecule is COc1cc(C(=O)NC2CCOCC2)c(C)cc1Nc1ncc(C(F)(F)F)c(N[C@@H]2CCC[C@H]2NS(C)(=O)=O)n1. The zero-order valence-electron chi connectivity index (χ0n) is 22.4. The summed E-state index contributed by atoms with van der Waals surface area (Å²) < 4.78 is 78.1. The molecular weight excluding hydrogens is 553 g/mol. The van der Waals surface area contributed by atoms with Gasteiger partial charge in [0.1, 0.15) is 17.1 Å². The highest BCUT2D eigenvalue weighted by Crippen LogP contribution is 2.37. The Bertz CT molecular complexity index is 1330. The minimum Gasteiger partial charge on any atom is -0.495 e. The van der Waals surface area contributed by atoms with Crippen LogP contribution in [0.4, 0.5) is 30.6 Å². The Labute approximate surface area is 230 Å². The van der Waals surface area contributed by atoms with Crippen LogP contribution in [0.1, 0.15) is 53.6 Å². The molecule has 1 saturated heterocycles. The van der Waals surface area contributed by atoms with Crippen molar-refractivity contribution >= 4 is 33.4 Å². The molecule has 11 nitrogen and oxygen atoms in total. The first kappa shape index (κ1) is 29.8. The summed E-state index contributed by atoms with van der Waals surface area (Å²) >= 11 is 0. The van der Waals surface area contributed by atoms with E-state index in [0.717, 1.165) is 19.1 Å². The topological polar surface area (TPSA) is 144 Å². The minimum atomic E-state index is -4.74. The zero-order chi connectivity index (χ0) is 29.1. The standard InChI is InChI=1S/C25H33F3N6O5S/c1-14-11-20(21(38-2)12-16(14)23(35)30-15-7-9-39-10-8-15)32-24-29-13-17(25(26,27)28)22(33-24)31-18-5-4-6-19(18)34-40(3,36)37/h11-13,15,18-19,34H,4-10H2,1-3H3,(H,30,35)(H2,29,31,32,33)/t18-,19-/m1/s1. The Balaban J connectivity index is 1.58. The number of ether oxygens (including phenoxy) is 2. The number of alkyl halides is 3. The molecule has 0 spiro atoms. The first-order valence-corrected chi connectivity index (χ1v) is 14.8. The van der Waals surface area contributed by atoms with Crippen LogP contribution in [0.5, 0.6) is 5.75 Å². The highest BCUT2D eigenvalue weighted by atomic mass is 32.2. The molecule has 2 heterocycles. The lowest BCUT2D eigenvalue weighted by atomic mass is 10.0. The highest BCUT2D eigenvalue weighted by Gasteiger charge is 2.38. The number of nitrogens with zero attached hydrogens (tertiary/aromatic N) is 2. The molecule has 2 aliphatic rings. The maximum atomic E-state index is 13.8. The number of amides is 1. The molecular formula is C25H33F3N6O5S. The van der Waals surface area contributed by atoms with Gasteiger partial charge in [-0.25, -0.2) is 18.1 Å². The van der Waals surface area contributed by atoms with Crippen LogP contribution in [0.3, 0.4) is 0 Å². The molecule has 4 rings (SSSR count). The van der Waals surface area contributed by atoms with E-state index >= 15 is 0 Å². The first-order chi connectivity index (χ1) is 18.8. The number of methoxy groups -OCH3 is 1. The number of rotatable bonds is 9. The van der Waals surface area contributed by atoms with Crippen LogP contribution in [0.25, 0.3) is 0 Å². The van der Waals surface area contributed by atoms with E-state index in [1.165, 1.54) is 7.11 Å². The molecule has 40 heavy (non-hydrogen) atoms. The van der Waals surface area contributed by atoms with Crippen LogP contribution in [-0.4, -0.2) is 69.0 Å². The third-order valence-corrected chi connectivity index (χ3v) is 7.62. The number of hydrogen-bond acceptors (Lipinski definition) is 9. The Morgan fingerprint density at radius 1 is 1.12 bits per heavy atom. The Morgan fingerprint density at radius 3 is 2.48 bits per heavy atom. The van der Waals surface area contributed by atoms with E-state index in [0.29, 0.717) is 55.5 Å². The van der Waals surface area contributed by atoms with E-state index in [1.807, 2.05) is 0 Å². The van der Waals surface area contributed by atoms with Gasteiger partial charge in [-0.1, -0.05) is 0 Å². The summed E-state index contributed by atoms with van der Waals surface area (Å²) in [6, 6.07) is 2.02. The quantitative estimate of drug-likeness (QED) is 0.348. The van der Waals surface area contributed by atoms with Crippen molar-refractivity contribution in [2.45, 2.75) is 63.3 Å². The van der Waals surface area contributed by atoms with Crippen molar-refractivity contribution in [1.29, 1.82) is 0 Å². The molecule has 2 fully saturated rings. The van der Waals surface area contributed by atoms with Gasteiger partial charge in [-0.3, -0.25) is 4.79 Å². The third kappa shape index (κ3) is 7.52. The first-order valence-electron chi connectivity index (χ1n) is 12.9. The summed E-state index contributed by atoms with van der Waals surface area (Å²) in [6.07, 6.45) is -0.0640. The van der Waals surface area contributed by atoms with Crippen LogP contribution < -0.4 is 25.4 Å². The molecule has 1 saturated carbocycles. The van der Waals surface area contributed by atoms with Gasteiger partial charge in [-0.2, -0.15) is 18.2 Å². The molecule has 1 aliphatic carbocycles. The molecule has 1 amide bonds. The van der Waals surface area contributed by atoms with Crippen LogP contribution in [0.15, 0.2) is 18.3 Å². The summed E-state index contributed by atoms with van der Waals surface area (Å²) in [4.78, 5) is 20.9. The van der Waals surface area contributed by atoms with Crippen LogP contribution in [0.2, 0.25) is 0 Å². The minimum absolute atomic E-state index is 0.00279. The van der Waals surface area contributed by atoms with E-state index in [9.17, 15) is 26.4 Å². The van der Waals surface area contributed by atoms with E-state index in [-0.39, 0.29) is 23.6 Å². The number of carbonyl (C=O) groups is 1. The number of aromatic nitrogens is 2. The van der Waals surface area contributed by atoms with Crippen molar-refractivity contribution in [3.05, 3.63) is 35.0 Å². The number of sulfonamides is 1. The number of hydrogen-bond donors (Lipinski definition) is 4. The maximum absolute atomic E-state index is 13.8. The van der Waals surface area contributed by atoms with Crippen molar-refractivity contribution in [2.75, 3.05) is 37.2 Å². The predicted octanol–water partition coefficient (Wildman–Crippen LogP) is 3.35. The molecule has 220 valence electrons. The zero-order valence-corrected chi connectivity index (χ0v) is 23.2. The number of halogens is 3. The Morgan fingerprint density at radius 2 is 1.82 bits per heavy atom. The Kier molecular flexibility index (Phi) is 9.05. The van der Waals surface area contributed by atoms with E-state index in [4.69, 9.17) is 9.47 Å². The summed E-state index contributed by atoms with van der Waals surface area (Å²) in [5, 5.41) is 8.68. The molecule has 15 heteroatoms. The van der Waals surface area contributed by atoms with Gasteiger partial charge in [0, 0.05) is 43.1 Å². The van der Waals surface area contributed by atoms with Gasteiger partial charge in [0.25, 0.3) is 5.91 Å². The molecule has 1 aromatic carbocycles. The molecule has 4 N–H and O–H groups in total. The summed E-state index contributed by atoms with van der Waals surface area (Å²) in [5.74, 6) is -0.604. The molecule has 2 atom stereocenters. The van der Waals surface area contributed by atoms with Gasteiger partial charge in [0.2, 0.25) is 16.0 Å². The molecule has 1 aliphatic heterocycles. The number of carbonyl (C=O) groups excluding carboxylic acids is 1. The van der Waals surface area contributed by atoms with Crippen molar-refractivity contribution in [3.8, 4) is 5.75 Å². The average Bonchev–Trinajstić information content (AvgIpc) is 3.28. The van der Waals surface area contributed by atoms with Crippen molar-refractivity contribution in [3.63, 3.8) is 0 Å². The van der Waals surface area contributed by atoms with Crippen LogP contribution in [0, 0.1) is 6.92 Å². The molecule has 2 aromatic rings. The van der Waals surface area contributed by atoms with Crippen LogP contribution in [-0.2, 0) is 20.9 Å². The van der Waals surface area contributed by atoms with Gasteiger partial charge in [-0.05, 0) is 56.7 Å². The fourth-order valence-electron chi connectivity index (χ4n) is 4.91. The summed E-state index contributed by atoms with van der Waals surface area (Å²) in [7, 11) is -2.15. The second-order valence-electron chi connectivity index (χ2n) is 9.98. The lowest BCUT2D eigenvalue weighted by molar-refractivity contribution is -0.137. The maximum Gasteiger partial charge on any atom is 0.421 e. The molecule has 0 bridgehead atoms. The van der Waals surface area contributed by atoms with Gasteiger partial charge >= 0.3 is 6.18 Å². The summed E-state index contributed by atoms with van der Waals surface area (Å²) in [6.45, 7) is 2.89.